The Hall–Kier alpha value is -3.95. The monoisotopic (exact) mass is 609 g/mol. The second-order valence-electron chi connectivity index (χ2n) is 12.9. The van der Waals surface area contributed by atoms with Crippen LogP contribution < -0.4 is 10.1 Å². The summed E-state index contributed by atoms with van der Waals surface area (Å²) in [5, 5.41) is 3.01. The molecule has 1 N–H and O–H groups in total. The maximum absolute atomic E-state index is 13.9. The number of carbonyl (C=O) groups excluding carboxylic acids is 2. The molecular weight excluding hydrogens is 566 g/mol. The van der Waals surface area contributed by atoms with Gasteiger partial charge in [0.2, 0.25) is 5.88 Å². The van der Waals surface area contributed by atoms with E-state index in [0.717, 1.165) is 83.6 Å². The minimum absolute atomic E-state index is 0.0357. The van der Waals surface area contributed by atoms with Crippen molar-refractivity contribution in [2.45, 2.75) is 76.2 Å². The van der Waals surface area contributed by atoms with E-state index in [1.807, 2.05) is 31.2 Å². The fourth-order valence-corrected chi connectivity index (χ4v) is 6.97. The number of piperidine rings is 1. The van der Waals surface area contributed by atoms with Crippen LogP contribution in [0.25, 0.3) is 0 Å². The first kappa shape index (κ1) is 29.7. The van der Waals surface area contributed by atoms with Gasteiger partial charge in [0.15, 0.2) is 0 Å². The van der Waals surface area contributed by atoms with E-state index < -0.39 is 0 Å². The Morgan fingerprint density at radius 1 is 0.911 bits per heavy atom. The SMILES string of the molecule is Cc1nc(Oc2ccc(C(=O)NC3CC3)cc2)ccc1CN1CCC(N2C(=O)N(C3CCOCC3)C[C@H]2c2ccccc2)CC1. The van der Waals surface area contributed by atoms with Crippen molar-refractivity contribution < 1.29 is 19.1 Å². The Balaban J connectivity index is 0.956. The Kier molecular flexibility index (Phi) is 8.72. The molecule has 4 fully saturated rings. The molecule has 3 saturated heterocycles. The van der Waals surface area contributed by atoms with Gasteiger partial charge in [-0.1, -0.05) is 36.4 Å². The molecule has 4 aliphatic rings. The molecule has 7 rings (SSSR count). The van der Waals surface area contributed by atoms with Gasteiger partial charge in [-0.2, -0.15) is 0 Å². The molecule has 3 amide bonds. The van der Waals surface area contributed by atoms with E-state index in [1.165, 1.54) is 11.1 Å². The fraction of sp³-hybridized carbons (Fsp3) is 0.472. The lowest BCUT2D eigenvalue weighted by atomic mass is 9.98. The third-order valence-electron chi connectivity index (χ3n) is 9.75. The molecule has 3 aliphatic heterocycles. The van der Waals surface area contributed by atoms with E-state index in [4.69, 9.17) is 14.5 Å². The number of carbonyl (C=O) groups is 2. The molecule has 1 atom stereocenters. The van der Waals surface area contributed by atoms with Gasteiger partial charge in [0.05, 0.1) is 6.04 Å². The number of aromatic nitrogens is 1. The minimum Gasteiger partial charge on any atom is -0.439 e. The van der Waals surface area contributed by atoms with Gasteiger partial charge >= 0.3 is 6.03 Å². The van der Waals surface area contributed by atoms with Crippen LogP contribution in [0.3, 0.4) is 0 Å². The summed E-state index contributed by atoms with van der Waals surface area (Å²) < 4.78 is 11.6. The maximum atomic E-state index is 13.9. The average molecular weight is 610 g/mol. The number of aryl methyl sites for hydroxylation is 1. The smallest absolute Gasteiger partial charge is 0.321 e. The number of nitrogens with one attached hydrogen (secondary N) is 1. The lowest BCUT2D eigenvalue weighted by Gasteiger charge is -2.39. The van der Waals surface area contributed by atoms with Crippen molar-refractivity contribution in [3.63, 3.8) is 0 Å². The third kappa shape index (κ3) is 6.84. The molecule has 1 aromatic heterocycles. The third-order valence-corrected chi connectivity index (χ3v) is 9.75. The van der Waals surface area contributed by atoms with Crippen molar-refractivity contribution in [1.29, 1.82) is 0 Å². The van der Waals surface area contributed by atoms with Gasteiger partial charge in [0, 0.05) is 74.8 Å². The number of urea groups is 1. The van der Waals surface area contributed by atoms with Crippen molar-refractivity contribution in [3.05, 3.63) is 89.1 Å². The highest BCUT2D eigenvalue weighted by Gasteiger charge is 2.45. The number of pyridine rings is 1. The Morgan fingerprint density at radius 3 is 2.33 bits per heavy atom. The highest BCUT2D eigenvalue weighted by atomic mass is 16.5. The van der Waals surface area contributed by atoms with Gasteiger partial charge in [-0.25, -0.2) is 9.78 Å². The van der Waals surface area contributed by atoms with Crippen molar-refractivity contribution >= 4 is 11.9 Å². The summed E-state index contributed by atoms with van der Waals surface area (Å²) in [5.74, 6) is 1.16. The van der Waals surface area contributed by atoms with Crippen LogP contribution in [0.1, 0.15) is 71.7 Å². The standard InChI is InChI=1S/C36H43N5O4/c1-25-28(9-14-34(37-25)45-32-12-7-27(8-13-32)35(42)38-29-10-11-29)23-39-19-15-31(16-20-39)41-33(26-5-3-2-4-6-26)24-40(36(41)43)30-17-21-44-22-18-30/h2-9,12-14,29-31,33H,10-11,15-24H2,1H3,(H,38,42)/t33-/m0/s1. The minimum atomic E-state index is -0.0357. The summed E-state index contributed by atoms with van der Waals surface area (Å²) in [4.78, 5) is 37.7. The van der Waals surface area contributed by atoms with Gasteiger partial charge in [0.25, 0.3) is 5.91 Å². The highest BCUT2D eigenvalue weighted by molar-refractivity contribution is 5.94. The van der Waals surface area contributed by atoms with Crippen LogP contribution in [0, 0.1) is 6.92 Å². The van der Waals surface area contributed by atoms with Crippen molar-refractivity contribution in [2.75, 3.05) is 32.8 Å². The number of likely N-dealkylation sites (tertiary alicyclic amines) is 1. The second-order valence-corrected chi connectivity index (χ2v) is 12.9. The largest absolute Gasteiger partial charge is 0.439 e. The van der Waals surface area contributed by atoms with Crippen LogP contribution >= 0.6 is 0 Å². The van der Waals surface area contributed by atoms with Crippen molar-refractivity contribution in [1.82, 2.24) is 25.0 Å². The first-order valence-electron chi connectivity index (χ1n) is 16.5. The average Bonchev–Trinajstić information content (AvgIpc) is 3.83. The summed E-state index contributed by atoms with van der Waals surface area (Å²) >= 11 is 0. The van der Waals surface area contributed by atoms with E-state index in [0.29, 0.717) is 23.2 Å². The quantitative estimate of drug-likeness (QED) is 0.335. The number of hydrogen-bond acceptors (Lipinski definition) is 6. The number of hydrogen-bond donors (Lipinski definition) is 1. The second kappa shape index (κ2) is 13.2. The van der Waals surface area contributed by atoms with Gasteiger partial charge < -0.3 is 24.6 Å². The Morgan fingerprint density at radius 2 is 1.64 bits per heavy atom. The molecule has 0 spiro atoms. The van der Waals surface area contributed by atoms with Gasteiger partial charge in [-0.3, -0.25) is 9.69 Å². The molecule has 9 nitrogen and oxygen atoms in total. The first-order chi connectivity index (χ1) is 22.0. The van der Waals surface area contributed by atoms with Crippen LogP contribution in [0.5, 0.6) is 11.6 Å². The molecule has 0 unspecified atom stereocenters. The zero-order valence-electron chi connectivity index (χ0n) is 26.1. The summed E-state index contributed by atoms with van der Waals surface area (Å²) in [7, 11) is 0. The Labute approximate surface area is 265 Å². The Bertz CT molecular complexity index is 1480. The van der Waals surface area contributed by atoms with Crippen LogP contribution in [-0.2, 0) is 11.3 Å². The predicted molar refractivity (Wildman–Crippen MR) is 171 cm³/mol. The van der Waals surface area contributed by atoms with E-state index >= 15 is 0 Å². The van der Waals surface area contributed by atoms with Gasteiger partial charge in [-0.15, -0.1) is 0 Å². The fourth-order valence-electron chi connectivity index (χ4n) is 6.97. The number of amides is 3. The molecule has 9 heteroatoms. The molecule has 1 saturated carbocycles. The van der Waals surface area contributed by atoms with E-state index in [-0.39, 0.29) is 30.1 Å². The number of nitrogens with zero attached hydrogens (tertiary/aromatic N) is 4. The van der Waals surface area contributed by atoms with Crippen LogP contribution in [0.15, 0.2) is 66.7 Å². The molecule has 4 heterocycles. The van der Waals surface area contributed by atoms with Crippen molar-refractivity contribution in [3.8, 4) is 11.6 Å². The predicted octanol–water partition coefficient (Wildman–Crippen LogP) is 5.70. The van der Waals surface area contributed by atoms with Crippen LogP contribution in [0.2, 0.25) is 0 Å². The molecule has 236 valence electrons. The van der Waals surface area contributed by atoms with E-state index in [9.17, 15) is 9.59 Å². The number of benzene rings is 2. The first-order valence-corrected chi connectivity index (χ1v) is 16.5. The van der Waals surface area contributed by atoms with E-state index in [1.54, 1.807) is 12.1 Å². The normalized spacial score (nSPS) is 21.7. The summed E-state index contributed by atoms with van der Waals surface area (Å²) in [6.45, 7) is 6.94. The van der Waals surface area contributed by atoms with Crippen LogP contribution in [0.4, 0.5) is 4.79 Å². The zero-order valence-corrected chi connectivity index (χ0v) is 26.1. The lowest BCUT2D eigenvalue weighted by Crippen LogP contribution is -2.48. The maximum Gasteiger partial charge on any atom is 0.321 e. The van der Waals surface area contributed by atoms with Gasteiger partial charge in [-0.05, 0) is 80.8 Å². The molecule has 45 heavy (non-hydrogen) atoms. The van der Waals surface area contributed by atoms with Crippen LogP contribution in [-0.4, -0.2) is 82.6 Å². The van der Waals surface area contributed by atoms with Crippen molar-refractivity contribution in [2.24, 2.45) is 0 Å². The summed E-state index contributed by atoms with van der Waals surface area (Å²) in [6.07, 6.45) is 5.89. The number of ether oxygens (including phenoxy) is 2. The van der Waals surface area contributed by atoms with Gasteiger partial charge in [0.1, 0.15) is 5.75 Å². The molecular formula is C36H43N5O4. The molecule has 2 aromatic carbocycles. The highest BCUT2D eigenvalue weighted by Crippen LogP contribution is 2.37. The molecule has 0 radical (unpaired) electrons. The number of rotatable bonds is 9. The van der Waals surface area contributed by atoms with E-state index in [2.05, 4.69) is 50.3 Å². The molecule has 1 aliphatic carbocycles. The summed E-state index contributed by atoms with van der Waals surface area (Å²) in [6, 6.07) is 22.9. The topological polar surface area (TPSA) is 87.2 Å². The summed E-state index contributed by atoms with van der Waals surface area (Å²) in [5.41, 5.74) is 3.99. The zero-order chi connectivity index (χ0) is 30.8. The molecule has 0 bridgehead atoms. The molecule has 3 aromatic rings. The lowest BCUT2D eigenvalue weighted by molar-refractivity contribution is 0.0493.